The fourth-order valence-electron chi connectivity index (χ4n) is 1.10. The fourth-order valence-corrected chi connectivity index (χ4v) is 1.10. The van der Waals surface area contributed by atoms with E-state index in [2.05, 4.69) is 17.6 Å². The van der Waals surface area contributed by atoms with Crippen molar-refractivity contribution in [2.45, 2.75) is 39.0 Å². The van der Waals surface area contributed by atoms with Gasteiger partial charge in [-0.15, -0.1) is 0 Å². The van der Waals surface area contributed by atoms with Crippen LogP contribution in [0.2, 0.25) is 0 Å². The molecule has 1 atom stereocenters. The molecular weight excluding hydrogens is 180 g/mol. The maximum atomic E-state index is 10.0. The van der Waals surface area contributed by atoms with E-state index in [1.165, 1.54) is 0 Å². The highest BCUT2D eigenvalue weighted by molar-refractivity contribution is 4.65. The van der Waals surface area contributed by atoms with Crippen molar-refractivity contribution in [3.8, 4) is 0 Å². The zero-order chi connectivity index (χ0) is 10.9. The van der Waals surface area contributed by atoms with Gasteiger partial charge in [0.25, 0.3) is 0 Å². The molecule has 0 aliphatic heterocycles. The average molecular weight is 204 g/mol. The maximum absolute atomic E-state index is 10.0. The van der Waals surface area contributed by atoms with E-state index in [1.54, 1.807) is 0 Å². The Hall–Kier alpha value is -0.160. The van der Waals surface area contributed by atoms with Gasteiger partial charge in [-0.2, -0.15) is 0 Å². The minimum absolute atomic E-state index is 0.559. The van der Waals surface area contributed by atoms with Gasteiger partial charge in [-0.25, -0.2) is 0 Å². The summed E-state index contributed by atoms with van der Waals surface area (Å²) in [6.07, 6.45) is 2.45. The van der Waals surface area contributed by atoms with E-state index in [-0.39, 0.29) is 0 Å². The molecule has 0 rings (SSSR count). The van der Waals surface area contributed by atoms with E-state index >= 15 is 0 Å². The van der Waals surface area contributed by atoms with Crippen molar-refractivity contribution in [2.75, 3.05) is 26.7 Å². The molecule has 1 unspecified atom stereocenters. The molecule has 0 aliphatic carbocycles. The molecule has 0 spiro atoms. The summed E-state index contributed by atoms with van der Waals surface area (Å²) in [7, 11) is 1.86. The van der Waals surface area contributed by atoms with E-state index in [1.807, 2.05) is 14.0 Å². The highest BCUT2D eigenvalue weighted by Crippen LogP contribution is 2.08. The summed E-state index contributed by atoms with van der Waals surface area (Å²) in [5.74, 6) is -1.16. The van der Waals surface area contributed by atoms with Crippen molar-refractivity contribution in [3.05, 3.63) is 0 Å². The molecule has 0 amide bonds. The van der Waals surface area contributed by atoms with Gasteiger partial charge in [0, 0.05) is 13.0 Å². The molecule has 0 fully saturated rings. The summed E-state index contributed by atoms with van der Waals surface area (Å²) < 4.78 is 5.39. The highest BCUT2D eigenvalue weighted by atomic mass is 16.6. The number of hydrogen-bond acceptors (Lipinski definition) is 4. The van der Waals surface area contributed by atoms with Crippen LogP contribution in [0.15, 0.2) is 0 Å². The Balaban J connectivity index is 3.89. The van der Waals surface area contributed by atoms with Gasteiger partial charge in [-0.05, 0) is 26.4 Å². The molecule has 0 saturated heterocycles. The van der Waals surface area contributed by atoms with Crippen molar-refractivity contribution >= 4 is 0 Å². The first-order chi connectivity index (χ1) is 6.68. The molecule has 86 valence electrons. The number of ether oxygens (including phenoxy) is 1. The van der Waals surface area contributed by atoms with Crippen molar-refractivity contribution < 1.29 is 9.84 Å². The Labute approximate surface area is 87.0 Å². The molecule has 4 nitrogen and oxygen atoms in total. The quantitative estimate of drug-likeness (QED) is 0.483. The first kappa shape index (κ1) is 13.8. The lowest BCUT2D eigenvalue weighted by Crippen LogP contribution is -2.49. The molecule has 0 bridgehead atoms. The second-order valence-corrected chi connectivity index (χ2v) is 3.41. The van der Waals surface area contributed by atoms with Crippen molar-refractivity contribution in [1.82, 2.24) is 10.6 Å². The first-order valence-electron chi connectivity index (χ1n) is 5.44. The predicted molar refractivity (Wildman–Crippen MR) is 58.0 cm³/mol. The van der Waals surface area contributed by atoms with Gasteiger partial charge in [0.05, 0.1) is 6.61 Å². The molecule has 4 heteroatoms. The molecule has 0 saturated carbocycles. The van der Waals surface area contributed by atoms with Crippen LogP contribution in [0.5, 0.6) is 0 Å². The van der Waals surface area contributed by atoms with Gasteiger partial charge in [0.2, 0.25) is 5.91 Å². The Morgan fingerprint density at radius 1 is 1.21 bits per heavy atom. The molecule has 0 radical (unpaired) electrons. The minimum atomic E-state index is -1.16. The topological polar surface area (TPSA) is 53.5 Å². The lowest BCUT2D eigenvalue weighted by molar-refractivity contribution is -0.227. The standard InChI is InChI=1S/C10H24N2O2/c1-4-7-12-10(13,6-8-11-3)14-9-5-2/h11-13H,4-9H2,1-3H3. The van der Waals surface area contributed by atoms with E-state index in [4.69, 9.17) is 4.74 Å². The third-order valence-electron chi connectivity index (χ3n) is 1.91. The average Bonchev–Trinajstić information content (AvgIpc) is 2.21. The van der Waals surface area contributed by atoms with E-state index < -0.39 is 5.91 Å². The predicted octanol–water partition coefficient (Wildman–Crippen LogP) is 0.668. The largest absolute Gasteiger partial charge is 0.353 e. The normalized spacial score (nSPS) is 15.4. The van der Waals surface area contributed by atoms with Crippen LogP contribution in [-0.4, -0.2) is 37.8 Å². The molecule has 0 aromatic rings. The second-order valence-electron chi connectivity index (χ2n) is 3.41. The molecule has 3 N–H and O–H groups in total. The van der Waals surface area contributed by atoms with Crippen LogP contribution in [0.4, 0.5) is 0 Å². The summed E-state index contributed by atoms with van der Waals surface area (Å²) >= 11 is 0. The Morgan fingerprint density at radius 3 is 2.43 bits per heavy atom. The van der Waals surface area contributed by atoms with Crippen LogP contribution in [0, 0.1) is 0 Å². The van der Waals surface area contributed by atoms with Crippen molar-refractivity contribution in [1.29, 1.82) is 0 Å². The first-order valence-corrected chi connectivity index (χ1v) is 5.44. The van der Waals surface area contributed by atoms with Crippen molar-refractivity contribution in [3.63, 3.8) is 0 Å². The van der Waals surface area contributed by atoms with Crippen molar-refractivity contribution in [2.24, 2.45) is 0 Å². The molecule has 0 aromatic carbocycles. The smallest absolute Gasteiger partial charge is 0.226 e. The molecule has 0 aromatic heterocycles. The van der Waals surface area contributed by atoms with Gasteiger partial charge >= 0.3 is 0 Å². The van der Waals surface area contributed by atoms with E-state index in [0.29, 0.717) is 13.0 Å². The van der Waals surface area contributed by atoms with Gasteiger partial charge in [0.15, 0.2) is 0 Å². The highest BCUT2D eigenvalue weighted by Gasteiger charge is 2.25. The monoisotopic (exact) mass is 204 g/mol. The van der Waals surface area contributed by atoms with Gasteiger partial charge in [-0.3, -0.25) is 5.32 Å². The number of rotatable bonds is 9. The summed E-state index contributed by atoms with van der Waals surface area (Å²) in [4.78, 5) is 0. The Bertz CT molecular complexity index is 110. The zero-order valence-electron chi connectivity index (χ0n) is 9.60. The van der Waals surface area contributed by atoms with Crippen LogP contribution in [0.3, 0.4) is 0 Å². The summed E-state index contributed by atoms with van der Waals surface area (Å²) in [5.41, 5.74) is 0. The molecule has 0 heterocycles. The Kier molecular flexibility index (Phi) is 8.08. The third-order valence-corrected chi connectivity index (χ3v) is 1.91. The summed E-state index contributed by atoms with van der Waals surface area (Å²) in [5, 5.41) is 16.0. The van der Waals surface area contributed by atoms with E-state index in [9.17, 15) is 5.11 Å². The Morgan fingerprint density at radius 2 is 1.93 bits per heavy atom. The van der Waals surface area contributed by atoms with Crippen LogP contribution in [0.25, 0.3) is 0 Å². The third kappa shape index (κ3) is 6.32. The number of nitrogens with one attached hydrogen (secondary N) is 2. The van der Waals surface area contributed by atoms with Crippen LogP contribution in [0.1, 0.15) is 33.1 Å². The number of hydrogen-bond donors (Lipinski definition) is 3. The minimum Gasteiger partial charge on any atom is -0.353 e. The van der Waals surface area contributed by atoms with Gasteiger partial charge < -0.3 is 15.2 Å². The van der Waals surface area contributed by atoms with E-state index in [0.717, 1.165) is 25.9 Å². The van der Waals surface area contributed by atoms with Gasteiger partial charge in [-0.1, -0.05) is 13.8 Å². The van der Waals surface area contributed by atoms with Crippen LogP contribution < -0.4 is 10.6 Å². The summed E-state index contributed by atoms with van der Waals surface area (Å²) in [6.45, 7) is 6.17. The lowest BCUT2D eigenvalue weighted by atomic mass is 10.3. The molecular formula is C10H24N2O2. The molecule has 14 heavy (non-hydrogen) atoms. The van der Waals surface area contributed by atoms with Crippen LogP contribution in [-0.2, 0) is 4.74 Å². The SMILES string of the molecule is CCCNC(O)(CCNC)OCCC. The molecule has 0 aliphatic rings. The van der Waals surface area contributed by atoms with Gasteiger partial charge in [0.1, 0.15) is 0 Å². The maximum Gasteiger partial charge on any atom is 0.226 e. The fraction of sp³-hybridized carbons (Fsp3) is 1.00. The zero-order valence-corrected chi connectivity index (χ0v) is 9.60. The lowest BCUT2D eigenvalue weighted by Gasteiger charge is -2.29. The number of aliphatic hydroxyl groups is 1. The van der Waals surface area contributed by atoms with Crippen LogP contribution >= 0.6 is 0 Å². The summed E-state index contributed by atoms with van der Waals surface area (Å²) in [6, 6.07) is 0. The second kappa shape index (κ2) is 8.17.